The molecule has 3 aromatic heterocycles. The van der Waals surface area contributed by atoms with Crippen LogP contribution in [0.1, 0.15) is 5.69 Å². The van der Waals surface area contributed by atoms with E-state index in [1.54, 1.807) is 34.6 Å². The molecule has 0 bridgehead atoms. The second-order valence-electron chi connectivity index (χ2n) is 5.22. The summed E-state index contributed by atoms with van der Waals surface area (Å²) in [6.07, 6.45) is 0. The van der Waals surface area contributed by atoms with Gasteiger partial charge in [-0.15, -0.1) is 34.3 Å². The van der Waals surface area contributed by atoms with E-state index in [0.717, 1.165) is 27.6 Å². The summed E-state index contributed by atoms with van der Waals surface area (Å²) in [5.74, 6) is 0.447. The molecule has 3 heterocycles. The van der Waals surface area contributed by atoms with Crippen LogP contribution < -0.4 is 4.31 Å². The van der Waals surface area contributed by atoms with E-state index < -0.39 is 0 Å². The first kappa shape index (κ1) is 16.0. The number of aromatic nitrogens is 2. The molecular weight excluding hydrogens is 378 g/mol. The largest absolute Gasteiger partial charge is 0.351 e. The lowest BCUT2D eigenvalue weighted by Gasteiger charge is -2.17. The van der Waals surface area contributed by atoms with Crippen LogP contribution >= 0.6 is 46.2 Å². The molecule has 0 saturated heterocycles. The number of anilines is 1. The summed E-state index contributed by atoms with van der Waals surface area (Å²) >= 11 is 11.0. The number of hydrogen-bond donors (Lipinski definition) is 1. The van der Waals surface area contributed by atoms with Crippen molar-refractivity contribution in [1.29, 1.82) is 0 Å². The number of para-hydroxylation sites is 1. The number of nitrogens with zero attached hydrogens (tertiary/aromatic N) is 2. The minimum Gasteiger partial charge on any atom is -0.351 e. The van der Waals surface area contributed by atoms with E-state index in [0.29, 0.717) is 5.88 Å². The van der Waals surface area contributed by atoms with Gasteiger partial charge in [-0.25, -0.2) is 4.98 Å². The van der Waals surface area contributed by atoms with Gasteiger partial charge in [0.15, 0.2) is 0 Å². The van der Waals surface area contributed by atoms with Gasteiger partial charge in [-0.05, 0) is 35.5 Å². The zero-order valence-electron chi connectivity index (χ0n) is 12.8. The lowest BCUT2D eigenvalue weighted by Crippen LogP contribution is -2.05. The third kappa shape index (κ3) is 3.07. The molecule has 0 aliphatic carbocycles. The third-order valence-corrected chi connectivity index (χ3v) is 6.77. The second-order valence-corrected chi connectivity index (χ2v) is 8.72. The van der Waals surface area contributed by atoms with E-state index in [9.17, 15) is 0 Å². The Morgan fingerprint density at radius 1 is 1.25 bits per heavy atom. The maximum Gasteiger partial charge on any atom is 0.140 e. The topological polar surface area (TPSA) is 31.9 Å². The highest BCUT2D eigenvalue weighted by atomic mass is 35.5. The smallest absolute Gasteiger partial charge is 0.140 e. The van der Waals surface area contributed by atoms with Crippen LogP contribution in [-0.2, 0) is 5.88 Å². The standard InChI is InChI=1S/C17H14ClN3S3/c1-21(24-15-6-3-7-22-15)14-5-2-4-11-8-13(20-16(11)14)17-19-12(9-18)10-23-17/h2-8,10,20H,9H2,1H3. The van der Waals surface area contributed by atoms with Crippen molar-refractivity contribution in [1.82, 2.24) is 9.97 Å². The van der Waals surface area contributed by atoms with Crippen LogP contribution in [0.15, 0.2) is 51.4 Å². The van der Waals surface area contributed by atoms with Crippen molar-refractivity contribution in [3.63, 3.8) is 0 Å². The fraction of sp³-hybridized carbons (Fsp3) is 0.118. The Kier molecular flexibility index (Phi) is 4.54. The Bertz CT molecular complexity index is 959. The first-order chi connectivity index (χ1) is 11.7. The first-order valence-corrected chi connectivity index (χ1v) is 10.4. The van der Waals surface area contributed by atoms with E-state index in [-0.39, 0.29) is 0 Å². The molecule has 1 aromatic carbocycles. The number of fused-ring (bicyclic) bond motifs is 1. The lowest BCUT2D eigenvalue weighted by molar-refractivity contribution is 1.22. The molecule has 4 rings (SSSR count). The Morgan fingerprint density at radius 2 is 2.17 bits per heavy atom. The monoisotopic (exact) mass is 391 g/mol. The molecule has 0 spiro atoms. The van der Waals surface area contributed by atoms with Gasteiger partial charge in [-0.3, -0.25) is 0 Å². The van der Waals surface area contributed by atoms with E-state index in [1.807, 2.05) is 5.38 Å². The lowest BCUT2D eigenvalue weighted by atomic mass is 10.2. The van der Waals surface area contributed by atoms with Crippen LogP contribution in [-0.4, -0.2) is 17.0 Å². The van der Waals surface area contributed by atoms with Gasteiger partial charge in [-0.2, -0.15) is 0 Å². The zero-order chi connectivity index (χ0) is 16.5. The van der Waals surface area contributed by atoms with Gasteiger partial charge < -0.3 is 9.29 Å². The molecule has 0 aliphatic rings. The summed E-state index contributed by atoms with van der Waals surface area (Å²) in [5.41, 5.74) is 4.24. The van der Waals surface area contributed by atoms with Crippen molar-refractivity contribution in [2.45, 2.75) is 10.1 Å². The molecule has 0 atom stereocenters. The van der Waals surface area contributed by atoms with Crippen LogP contribution in [0.25, 0.3) is 21.6 Å². The summed E-state index contributed by atoms with van der Waals surface area (Å²) in [7, 11) is 2.09. The SMILES string of the molecule is CN(Sc1cccs1)c1cccc2cc(-c3nc(CCl)cs3)[nH]c12. The maximum absolute atomic E-state index is 5.87. The van der Waals surface area contributed by atoms with E-state index in [1.165, 1.54) is 9.60 Å². The number of rotatable bonds is 5. The van der Waals surface area contributed by atoms with E-state index in [2.05, 4.69) is 63.1 Å². The Balaban J connectivity index is 1.71. The fourth-order valence-electron chi connectivity index (χ4n) is 2.51. The zero-order valence-corrected chi connectivity index (χ0v) is 16.0. The number of H-pyrrole nitrogens is 1. The van der Waals surface area contributed by atoms with Gasteiger partial charge in [-0.1, -0.05) is 18.2 Å². The molecule has 0 fully saturated rings. The van der Waals surface area contributed by atoms with Gasteiger partial charge in [0.1, 0.15) is 5.01 Å². The van der Waals surface area contributed by atoms with Crippen molar-refractivity contribution in [3.8, 4) is 10.7 Å². The van der Waals surface area contributed by atoms with Crippen molar-refractivity contribution >= 4 is 62.8 Å². The second kappa shape index (κ2) is 6.80. The summed E-state index contributed by atoms with van der Waals surface area (Å²) in [4.78, 5) is 8.10. The number of thiazole rings is 1. The average Bonchev–Trinajstić information content (AvgIpc) is 3.33. The Hall–Kier alpha value is -1.47. The predicted octanol–water partition coefficient (Wildman–Crippen LogP) is 6.24. The molecule has 0 radical (unpaired) electrons. The highest BCUT2D eigenvalue weighted by molar-refractivity contribution is 8.02. The fourth-order valence-corrected chi connectivity index (χ4v) is 5.31. The van der Waals surface area contributed by atoms with Gasteiger partial charge >= 0.3 is 0 Å². The molecule has 7 heteroatoms. The molecular formula is C17H14ClN3S3. The number of aromatic amines is 1. The number of halogens is 1. The highest BCUT2D eigenvalue weighted by Crippen LogP contribution is 2.36. The number of hydrogen-bond acceptors (Lipinski definition) is 5. The van der Waals surface area contributed by atoms with Gasteiger partial charge in [0.05, 0.1) is 32.7 Å². The van der Waals surface area contributed by atoms with Crippen LogP contribution in [0.4, 0.5) is 5.69 Å². The molecule has 3 nitrogen and oxygen atoms in total. The van der Waals surface area contributed by atoms with Crippen molar-refractivity contribution in [2.24, 2.45) is 0 Å². The summed E-state index contributed by atoms with van der Waals surface area (Å²) in [5, 5.41) is 6.26. The van der Waals surface area contributed by atoms with Gasteiger partial charge in [0, 0.05) is 17.8 Å². The molecule has 0 saturated carbocycles. The quantitative estimate of drug-likeness (QED) is 0.323. The first-order valence-electron chi connectivity index (χ1n) is 7.32. The number of thiophene rings is 1. The molecule has 4 aromatic rings. The summed E-state index contributed by atoms with van der Waals surface area (Å²) in [6.45, 7) is 0. The molecule has 1 N–H and O–H groups in total. The summed E-state index contributed by atoms with van der Waals surface area (Å²) < 4.78 is 3.47. The Morgan fingerprint density at radius 3 is 2.92 bits per heavy atom. The van der Waals surface area contributed by atoms with Crippen LogP contribution in [0.2, 0.25) is 0 Å². The van der Waals surface area contributed by atoms with Crippen LogP contribution in [0.5, 0.6) is 0 Å². The number of benzene rings is 1. The predicted molar refractivity (Wildman–Crippen MR) is 108 cm³/mol. The minimum absolute atomic E-state index is 0.447. The third-order valence-electron chi connectivity index (χ3n) is 3.61. The molecule has 0 aliphatic heterocycles. The maximum atomic E-state index is 5.87. The van der Waals surface area contributed by atoms with Crippen molar-refractivity contribution < 1.29 is 0 Å². The van der Waals surface area contributed by atoms with Crippen LogP contribution in [0, 0.1) is 0 Å². The molecule has 24 heavy (non-hydrogen) atoms. The average molecular weight is 392 g/mol. The van der Waals surface area contributed by atoms with Gasteiger partial charge in [0.25, 0.3) is 0 Å². The van der Waals surface area contributed by atoms with E-state index in [4.69, 9.17) is 11.6 Å². The molecule has 122 valence electrons. The normalized spacial score (nSPS) is 11.2. The van der Waals surface area contributed by atoms with E-state index >= 15 is 0 Å². The van der Waals surface area contributed by atoms with Crippen LogP contribution in [0.3, 0.4) is 0 Å². The highest BCUT2D eigenvalue weighted by Gasteiger charge is 2.13. The molecule has 0 amide bonds. The van der Waals surface area contributed by atoms with Crippen molar-refractivity contribution in [3.05, 3.63) is 52.9 Å². The minimum atomic E-state index is 0.447. The summed E-state index contributed by atoms with van der Waals surface area (Å²) in [6, 6.07) is 12.7. The molecule has 0 unspecified atom stereocenters. The Labute approximate surface area is 157 Å². The number of nitrogens with one attached hydrogen (secondary N) is 1. The van der Waals surface area contributed by atoms with Crippen molar-refractivity contribution in [2.75, 3.05) is 11.4 Å². The van der Waals surface area contributed by atoms with Gasteiger partial charge in [0.2, 0.25) is 0 Å². The number of alkyl halides is 1.